The summed E-state index contributed by atoms with van der Waals surface area (Å²) in [4.78, 5) is 5.49. The Morgan fingerprint density at radius 2 is 2.19 bits per heavy atom. The molecule has 0 aliphatic rings. The second-order valence-electron chi connectivity index (χ2n) is 4.80. The van der Waals surface area contributed by atoms with E-state index in [2.05, 4.69) is 47.6 Å². The van der Waals surface area contributed by atoms with E-state index in [4.69, 9.17) is 11.6 Å². The lowest BCUT2D eigenvalue weighted by atomic mass is 10.1. The van der Waals surface area contributed by atoms with E-state index < -0.39 is 0 Å². The molecule has 0 bridgehead atoms. The molecular weight excluding hydrogens is 322 g/mol. The first-order valence-electron chi connectivity index (χ1n) is 7.17. The topological polar surface area (TPSA) is 37.8 Å². The number of halogens is 1. The molecule has 2 aromatic rings. The molecule has 0 radical (unpaired) electrons. The molecule has 0 aliphatic carbocycles. The minimum atomic E-state index is 0.315. The number of rotatable bonds is 7. The predicted octanol–water partition coefficient (Wildman–Crippen LogP) is 4.97. The molecule has 1 aromatic heterocycles. The van der Waals surface area contributed by atoms with E-state index in [0.29, 0.717) is 6.04 Å². The van der Waals surface area contributed by atoms with Crippen LogP contribution in [0.25, 0.3) is 0 Å². The lowest BCUT2D eigenvalue weighted by Gasteiger charge is -2.14. The van der Waals surface area contributed by atoms with Gasteiger partial charge in [-0.15, -0.1) is 0 Å². The summed E-state index contributed by atoms with van der Waals surface area (Å²) in [6, 6.07) is 6.55. The van der Waals surface area contributed by atoms with Crippen LogP contribution in [0.15, 0.2) is 27.4 Å². The fourth-order valence-corrected chi connectivity index (χ4v) is 3.83. The maximum Gasteiger partial charge on any atom is 0.174 e. The van der Waals surface area contributed by atoms with Crippen LogP contribution in [-0.2, 0) is 6.42 Å². The molecule has 1 N–H and O–H groups in total. The zero-order valence-corrected chi connectivity index (χ0v) is 14.9. The summed E-state index contributed by atoms with van der Waals surface area (Å²) in [6.07, 6.45) is 1.99. The van der Waals surface area contributed by atoms with Gasteiger partial charge in [-0.1, -0.05) is 43.3 Å². The smallest absolute Gasteiger partial charge is 0.174 e. The van der Waals surface area contributed by atoms with Crippen LogP contribution >= 0.6 is 34.9 Å². The number of aryl methyl sites for hydroxylation is 1. The van der Waals surface area contributed by atoms with Gasteiger partial charge in [0.15, 0.2) is 4.34 Å². The van der Waals surface area contributed by atoms with Crippen molar-refractivity contribution in [1.29, 1.82) is 0 Å². The van der Waals surface area contributed by atoms with Crippen LogP contribution in [-0.4, -0.2) is 15.9 Å². The normalized spacial score (nSPS) is 12.6. The first-order valence-corrected chi connectivity index (χ1v) is 9.14. The Balaban J connectivity index is 2.08. The van der Waals surface area contributed by atoms with Gasteiger partial charge in [0.1, 0.15) is 5.82 Å². The van der Waals surface area contributed by atoms with Crippen molar-refractivity contribution in [2.75, 3.05) is 6.54 Å². The van der Waals surface area contributed by atoms with Crippen molar-refractivity contribution in [1.82, 2.24) is 14.7 Å². The van der Waals surface area contributed by atoms with Gasteiger partial charge in [-0.3, -0.25) is 0 Å². The predicted molar refractivity (Wildman–Crippen MR) is 91.6 cm³/mol. The molecule has 114 valence electrons. The van der Waals surface area contributed by atoms with E-state index in [1.165, 1.54) is 17.1 Å². The molecule has 0 saturated carbocycles. The maximum absolute atomic E-state index is 6.41. The maximum atomic E-state index is 6.41. The first kappa shape index (κ1) is 16.7. The zero-order valence-electron chi connectivity index (χ0n) is 12.5. The fraction of sp³-hybridized carbons (Fsp3) is 0.467. The summed E-state index contributed by atoms with van der Waals surface area (Å²) in [5.74, 6) is 0.896. The number of nitrogens with one attached hydrogen (secondary N) is 1. The highest BCUT2D eigenvalue weighted by atomic mass is 35.5. The Labute approximate surface area is 139 Å². The molecule has 6 heteroatoms. The summed E-state index contributed by atoms with van der Waals surface area (Å²) >= 11 is 9.42. The monoisotopic (exact) mass is 341 g/mol. The summed E-state index contributed by atoms with van der Waals surface area (Å²) in [7, 11) is 0. The van der Waals surface area contributed by atoms with E-state index in [9.17, 15) is 0 Å². The molecule has 0 aliphatic heterocycles. The van der Waals surface area contributed by atoms with Crippen LogP contribution in [0.5, 0.6) is 0 Å². The molecule has 0 spiro atoms. The van der Waals surface area contributed by atoms with Gasteiger partial charge in [0.25, 0.3) is 0 Å². The van der Waals surface area contributed by atoms with Gasteiger partial charge in [0, 0.05) is 17.4 Å². The van der Waals surface area contributed by atoms with Crippen molar-refractivity contribution < 1.29 is 0 Å². The molecule has 0 amide bonds. The van der Waals surface area contributed by atoms with Crippen LogP contribution in [0.4, 0.5) is 0 Å². The number of nitrogens with zero attached hydrogens (tertiary/aromatic N) is 2. The van der Waals surface area contributed by atoms with Crippen molar-refractivity contribution >= 4 is 34.9 Å². The van der Waals surface area contributed by atoms with Crippen molar-refractivity contribution in [2.24, 2.45) is 0 Å². The van der Waals surface area contributed by atoms with Crippen LogP contribution < -0.4 is 5.32 Å². The average molecular weight is 342 g/mol. The van der Waals surface area contributed by atoms with Crippen molar-refractivity contribution in [3.8, 4) is 0 Å². The number of benzene rings is 1. The summed E-state index contributed by atoms with van der Waals surface area (Å²) in [5.41, 5.74) is 1.21. The number of hydrogen-bond acceptors (Lipinski definition) is 5. The minimum absolute atomic E-state index is 0.315. The Hall–Kier alpha value is -0.620. The molecule has 1 heterocycles. The number of aromatic nitrogens is 2. The largest absolute Gasteiger partial charge is 0.310 e. The third-order valence-electron chi connectivity index (χ3n) is 3.12. The lowest BCUT2D eigenvalue weighted by molar-refractivity contribution is 0.570. The van der Waals surface area contributed by atoms with Gasteiger partial charge in [0.2, 0.25) is 0 Å². The van der Waals surface area contributed by atoms with Gasteiger partial charge in [-0.05, 0) is 49.1 Å². The van der Waals surface area contributed by atoms with Gasteiger partial charge in [0.05, 0.1) is 5.02 Å². The van der Waals surface area contributed by atoms with Crippen LogP contribution in [0.1, 0.15) is 44.6 Å². The molecule has 21 heavy (non-hydrogen) atoms. The van der Waals surface area contributed by atoms with Crippen LogP contribution in [0.2, 0.25) is 5.02 Å². The molecule has 3 nitrogen and oxygen atoms in total. The molecular formula is C15H20ClN3S2. The molecule has 1 atom stereocenters. The Morgan fingerprint density at radius 1 is 1.38 bits per heavy atom. The van der Waals surface area contributed by atoms with E-state index in [0.717, 1.165) is 39.5 Å². The standard InChI is InChI=1S/C15H20ClN3S2/c1-4-8-17-10(3)11-6-7-13(12(16)9-11)20-15-18-14(5-2)19-21-15/h6-7,9-10,17H,4-5,8H2,1-3H3. The van der Waals surface area contributed by atoms with Crippen molar-refractivity contribution in [2.45, 2.75) is 48.9 Å². The molecule has 2 rings (SSSR count). The SMILES string of the molecule is CCCNC(C)c1ccc(Sc2nc(CC)ns2)c(Cl)c1. The lowest BCUT2D eigenvalue weighted by Crippen LogP contribution is -2.19. The Kier molecular flexibility index (Phi) is 6.48. The summed E-state index contributed by atoms with van der Waals surface area (Å²) in [5, 5.41) is 4.24. The summed E-state index contributed by atoms with van der Waals surface area (Å²) in [6.45, 7) is 7.40. The summed E-state index contributed by atoms with van der Waals surface area (Å²) < 4.78 is 5.24. The highest BCUT2D eigenvalue weighted by Gasteiger charge is 2.11. The zero-order chi connectivity index (χ0) is 15.2. The average Bonchev–Trinajstić information content (AvgIpc) is 2.94. The highest BCUT2D eigenvalue weighted by Crippen LogP contribution is 2.35. The highest BCUT2D eigenvalue weighted by molar-refractivity contribution is 8.01. The molecule has 0 saturated heterocycles. The number of hydrogen-bond donors (Lipinski definition) is 1. The third kappa shape index (κ3) is 4.68. The second kappa shape index (κ2) is 8.13. The van der Waals surface area contributed by atoms with Gasteiger partial charge >= 0.3 is 0 Å². The Morgan fingerprint density at radius 3 is 2.81 bits per heavy atom. The second-order valence-corrected chi connectivity index (χ2v) is 7.25. The van der Waals surface area contributed by atoms with Crippen LogP contribution in [0, 0.1) is 0 Å². The molecule has 0 fully saturated rings. The molecule has 1 unspecified atom stereocenters. The van der Waals surface area contributed by atoms with Gasteiger partial charge < -0.3 is 5.32 Å². The molecule has 1 aromatic carbocycles. The minimum Gasteiger partial charge on any atom is -0.310 e. The van der Waals surface area contributed by atoms with E-state index in [1.807, 2.05) is 6.07 Å². The van der Waals surface area contributed by atoms with E-state index in [1.54, 1.807) is 11.8 Å². The van der Waals surface area contributed by atoms with Crippen molar-refractivity contribution in [3.63, 3.8) is 0 Å². The van der Waals surface area contributed by atoms with Crippen LogP contribution in [0.3, 0.4) is 0 Å². The van der Waals surface area contributed by atoms with E-state index >= 15 is 0 Å². The van der Waals surface area contributed by atoms with Gasteiger partial charge in [-0.2, -0.15) is 4.37 Å². The fourth-order valence-electron chi connectivity index (χ4n) is 1.86. The first-order chi connectivity index (χ1) is 10.1. The van der Waals surface area contributed by atoms with Gasteiger partial charge in [-0.25, -0.2) is 4.98 Å². The Bertz CT molecular complexity index is 586. The van der Waals surface area contributed by atoms with Crippen molar-refractivity contribution in [3.05, 3.63) is 34.6 Å². The van der Waals surface area contributed by atoms with E-state index in [-0.39, 0.29) is 0 Å². The quantitative estimate of drug-likeness (QED) is 0.771. The third-order valence-corrected chi connectivity index (χ3v) is 5.41.